The topological polar surface area (TPSA) is 79.5 Å². The standard InChI is InChI=1S/C15H18BrNO4S/c1-10-9-12(11(2)21-10)14(18)7-8-17-22(19,20)15-6-4-3-5-13(15)16/h3-6,9,14,17-18H,7-8H2,1-2H3. The van der Waals surface area contributed by atoms with Crippen molar-refractivity contribution < 1.29 is 17.9 Å². The molecule has 1 aromatic heterocycles. The maximum atomic E-state index is 12.2. The molecule has 0 radical (unpaired) electrons. The fourth-order valence-corrected chi connectivity index (χ4v) is 4.26. The molecule has 0 aliphatic carbocycles. The van der Waals surface area contributed by atoms with Crippen LogP contribution in [0.15, 0.2) is 44.1 Å². The lowest BCUT2D eigenvalue weighted by Crippen LogP contribution is -2.26. The number of aliphatic hydroxyl groups is 1. The van der Waals surface area contributed by atoms with Gasteiger partial charge in [0.1, 0.15) is 11.5 Å². The number of halogens is 1. The van der Waals surface area contributed by atoms with E-state index >= 15 is 0 Å². The fraction of sp³-hybridized carbons (Fsp3) is 0.333. The van der Waals surface area contributed by atoms with Crippen molar-refractivity contribution in [3.05, 3.63) is 51.9 Å². The van der Waals surface area contributed by atoms with Crippen LogP contribution in [0.5, 0.6) is 0 Å². The maximum Gasteiger partial charge on any atom is 0.241 e. The number of sulfonamides is 1. The average Bonchev–Trinajstić information content (AvgIpc) is 2.77. The molecule has 22 heavy (non-hydrogen) atoms. The molecule has 0 spiro atoms. The minimum Gasteiger partial charge on any atom is -0.466 e. The van der Waals surface area contributed by atoms with Crippen LogP contribution in [0, 0.1) is 13.8 Å². The molecule has 7 heteroatoms. The molecule has 2 N–H and O–H groups in total. The highest BCUT2D eigenvalue weighted by atomic mass is 79.9. The largest absolute Gasteiger partial charge is 0.466 e. The van der Waals surface area contributed by atoms with E-state index in [4.69, 9.17) is 4.42 Å². The van der Waals surface area contributed by atoms with Crippen LogP contribution in [-0.2, 0) is 10.0 Å². The van der Waals surface area contributed by atoms with Gasteiger partial charge in [0, 0.05) is 16.6 Å². The van der Waals surface area contributed by atoms with E-state index in [1.807, 2.05) is 0 Å². The Morgan fingerprint density at radius 3 is 2.59 bits per heavy atom. The lowest BCUT2D eigenvalue weighted by molar-refractivity contribution is 0.167. The number of hydrogen-bond donors (Lipinski definition) is 2. The smallest absolute Gasteiger partial charge is 0.241 e. The Labute approximate surface area is 138 Å². The number of benzene rings is 1. The monoisotopic (exact) mass is 387 g/mol. The number of aryl methyl sites for hydroxylation is 2. The molecule has 5 nitrogen and oxygen atoms in total. The van der Waals surface area contributed by atoms with Crippen LogP contribution >= 0.6 is 15.9 Å². The van der Waals surface area contributed by atoms with Crippen LogP contribution in [0.4, 0.5) is 0 Å². The first-order valence-corrected chi connectivity index (χ1v) is 9.08. The Morgan fingerprint density at radius 2 is 2.00 bits per heavy atom. The molecule has 0 saturated carbocycles. The van der Waals surface area contributed by atoms with E-state index in [0.29, 0.717) is 15.8 Å². The molecule has 1 unspecified atom stereocenters. The first-order chi connectivity index (χ1) is 10.3. The Kier molecular flexibility index (Phi) is 5.44. The molecule has 0 fully saturated rings. The number of rotatable bonds is 6. The third-order valence-corrected chi connectivity index (χ3v) is 5.75. The van der Waals surface area contributed by atoms with E-state index in [9.17, 15) is 13.5 Å². The third-order valence-electron chi connectivity index (χ3n) is 3.27. The van der Waals surface area contributed by atoms with Crippen molar-refractivity contribution in [3.8, 4) is 0 Å². The van der Waals surface area contributed by atoms with Gasteiger partial charge in [-0.2, -0.15) is 0 Å². The third kappa shape index (κ3) is 3.98. The van der Waals surface area contributed by atoms with E-state index in [-0.39, 0.29) is 17.9 Å². The van der Waals surface area contributed by atoms with Crippen LogP contribution in [0.1, 0.15) is 29.6 Å². The summed E-state index contributed by atoms with van der Waals surface area (Å²) in [6.45, 7) is 3.71. The second-order valence-corrected chi connectivity index (χ2v) is 7.59. The van der Waals surface area contributed by atoms with Crippen LogP contribution in [0.2, 0.25) is 0 Å². The molecule has 0 saturated heterocycles. The predicted molar refractivity (Wildman–Crippen MR) is 87.1 cm³/mol. The first-order valence-electron chi connectivity index (χ1n) is 6.80. The summed E-state index contributed by atoms with van der Waals surface area (Å²) in [6.07, 6.45) is -0.497. The van der Waals surface area contributed by atoms with Gasteiger partial charge in [-0.1, -0.05) is 12.1 Å². The molecule has 0 bridgehead atoms. The molecule has 2 aromatic rings. The van der Waals surface area contributed by atoms with Crippen LogP contribution in [-0.4, -0.2) is 20.1 Å². The van der Waals surface area contributed by atoms with Gasteiger partial charge in [-0.25, -0.2) is 13.1 Å². The van der Waals surface area contributed by atoms with E-state index in [2.05, 4.69) is 20.7 Å². The van der Waals surface area contributed by atoms with E-state index < -0.39 is 16.1 Å². The average molecular weight is 388 g/mol. The fourth-order valence-electron chi connectivity index (χ4n) is 2.21. The minimum absolute atomic E-state index is 0.133. The number of hydrogen-bond acceptors (Lipinski definition) is 4. The van der Waals surface area contributed by atoms with Crippen molar-refractivity contribution in [2.45, 2.75) is 31.3 Å². The summed E-state index contributed by atoms with van der Waals surface area (Å²) in [4.78, 5) is 0.180. The van der Waals surface area contributed by atoms with Gasteiger partial charge < -0.3 is 9.52 Å². The summed E-state index contributed by atoms with van der Waals surface area (Å²) >= 11 is 3.22. The summed E-state index contributed by atoms with van der Waals surface area (Å²) in [5.74, 6) is 1.37. The summed E-state index contributed by atoms with van der Waals surface area (Å²) in [7, 11) is -3.61. The second-order valence-electron chi connectivity index (χ2n) is 5.00. The van der Waals surface area contributed by atoms with Crippen molar-refractivity contribution >= 4 is 26.0 Å². The molecule has 0 aliphatic rings. The lowest BCUT2D eigenvalue weighted by atomic mass is 10.1. The molecular formula is C15H18BrNO4S. The van der Waals surface area contributed by atoms with E-state index in [0.717, 1.165) is 5.76 Å². The van der Waals surface area contributed by atoms with Gasteiger partial charge in [0.05, 0.1) is 11.0 Å². The SMILES string of the molecule is Cc1cc(C(O)CCNS(=O)(=O)c2ccccc2Br)c(C)o1. The molecular weight excluding hydrogens is 370 g/mol. The van der Waals surface area contributed by atoms with Crippen molar-refractivity contribution in [3.63, 3.8) is 0 Å². The van der Waals surface area contributed by atoms with Crippen molar-refractivity contribution in [1.82, 2.24) is 4.72 Å². The Hall–Kier alpha value is -1.15. The van der Waals surface area contributed by atoms with Crippen LogP contribution < -0.4 is 4.72 Å². The zero-order valence-corrected chi connectivity index (χ0v) is 14.7. The second kappa shape index (κ2) is 6.95. The van der Waals surface area contributed by atoms with Crippen LogP contribution in [0.25, 0.3) is 0 Å². The first kappa shape index (κ1) is 17.2. The zero-order valence-electron chi connectivity index (χ0n) is 12.3. The summed E-state index contributed by atoms with van der Waals surface area (Å²) < 4.78 is 32.8. The minimum atomic E-state index is -3.61. The molecule has 1 heterocycles. The van der Waals surface area contributed by atoms with Gasteiger partial charge in [0.2, 0.25) is 10.0 Å². The van der Waals surface area contributed by atoms with E-state index in [1.165, 1.54) is 6.07 Å². The predicted octanol–water partition coefficient (Wildman–Crippen LogP) is 3.06. The van der Waals surface area contributed by atoms with Crippen molar-refractivity contribution in [2.75, 3.05) is 6.54 Å². The number of nitrogens with one attached hydrogen (secondary N) is 1. The quantitative estimate of drug-likeness (QED) is 0.797. The summed E-state index contributed by atoms with van der Waals surface area (Å²) in [5, 5.41) is 10.1. The van der Waals surface area contributed by atoms with Crippen molar-refractivity contribution in [1.29, 1.82) is 0 Å². The van der Waals surface area contributed by atoms with Gasteiger partial charge in [0.25, 0.3) is 0 Å². The summed E-state index contributed by atoms with van der Waals surface area (Å²) in [5.41, 5.74) is 0.692. The zero-order chi connectivity index (χ0) is 16.3. The highest BCUT2D eigenvalue weighted by Gasteiger charge is 2.19. The van der Waals surface area contributed by atoms with Gasteiger partial charge in [-0.3, -0.25) is 0 Å². The molecule has 0 aliphatic heterocycles. The normalized spacial score (nSPS) is 13.3. The van der Waals surface area contributed by atoms with Gasteiger partial charge >= 0.3 is 0 Å². The molecule has 0 amide bonds. The molecule has 2 rings (SSSR count). The molecule has 120 valence electrons. The van der Waals surface area contributed by atoms with E-state index in [1.54, 1.807) is 38.1 Å². The number of aliphatic hydroxyl groups excluding tert-OH is 1. The highest BCUT2D eigenvalue weighted by Crippen LogP contribution is 2.24. The Bertz CT molecular complexity index is 755. The van der Waals surface area contributed by atoms with Gasteiger partial charge in [-0.05, 0) is 54.4 Å². The van der Waals surface area contributed by atoms with Gasteiger partial charge in [0.15, 0.2) is 0 Å². The van der Waals surface area contributed by atoms with Gasteiger partial charge in [-0.15, -0.1) is 0 Å². The Morgan fingerprint density at radius 1 is 1.32 bits per heavy atom. The lowest BCUT2D eigenvalue weighted by Gasteiger charge is -2.11. The maximum absolute atomic E-state index is 12.2. The van der Waals surface area contributed by atoms with Crippen LogP contribution in [0.3, 0.4) is 0 Å². The number of furan rings is 1. The Balaban J connectivity index is 1.99. The molecule has 1 atom stereocenters. The molecule has 1 aromatic carbocycles. The summed E-state index contributed by atoms with van der Waals surface area (Å²) in [6, 6.07) is 8.36. The van der Waals surface area contributed by atoms with Crippen molar-refractivity contribution in [2.24, 2.45) is 0 Å². The highest BCUT2D eigenvalue weighted by molar-refractivity contribution is 9.10.